The number of rotatable bonds is 7. The van der Waals surface area contributed by atoms with Crippen LogP contribution in [0.5, 0.6) is 0 Å². The largest absolute Gasteiger partial charge is 0.416 e. The van der Waals surface area contributed by atoms with E-state index >= 15 is 0 Å². The average Bonchev–Trinajstić information content (AvgIpc) is 2.87. The second kappa shape index (κ2) is 12.0. The van der Waals surface area contributed by atoms with Crippen molar-refractivity contribution < 1.29 is 22.7 Å². The van der Waals surface area contributed by atoms with E-state index in [1.54, 1.807) is 35.2 Å². The number of amides is 1. The molecule has 1 saturated heterocycles. The number of piperazine rings is 1. The van der Waals surface area contributed by atoms with Crippen molar-refractivity contribution in [1.82, 2.24) is 9.80 Å². The van der Waals surface area contributed by atoms with Gasteiger partial charge in [0.15, 0.2) is 0 Å². The SMILES string of the molecule is O=C(c1ccc(Cl)cc1Cl)N1CCN(C[C@H](OCc2ccc(C(F)(F)F)cc2)c2ccc(Cl)cc2)CC1. The van der Waals surface area contributed by atoms with Gasteiger partial charge in [-0.2, -0.15) is 13.2 Å². The van der Waals surface area contributed by atoms with Crippen LogP contribution in [0, 0.1) is 0 Å². The molecule has 0 bridgehead atoms. The van der Waals surface area contributed by atoms with E-state index in [-0.39, 0.29) is 18.6 Å². The van der Waals surface area contributed by atoms with Gasteiger partial charge in [-0.15, -0.1) is 0 Å². The molecule has 0 unspecified atom stereocenters. The number of hydrogen-bond acceptors (Lipinski definition) is 3. The highest BCUT2D eigenvalue weighted by Crippen LogP contribution is 2.30. The van der Waals surface area contributed by atoms with Gasteiger partial charge in [-0.25, -0.2) is 0 Å². The maximum Gasteiger partial charge on any atom is 0.416 e. The molecule has 4 nitrogen and oxygen atoms in total. The lowest BCUT2D eigenvalue weighted by molar-refractivity contribution is -0.137. The molecule has 3 aromatic carbocycles. The topological polar surface area (TPSA) is 32.8 Å². The Hall–Kier alpha value is -2.29. The molecule has 1 fully saturated rings. The Labute approximate surface area is 228 Å². The van der Waals surface area contributed by atoms with Gasteiger partial charge in [0, 0.05) is 42.8 Å². The van der Waals surface area contributed by atoms with Gasteiger partial charge in [0.2, 0.25) is 0 Å². The van der Waals surface area contributed by atoms with Crippen molar-refractivity contribution in [1.29, 1.82) is 0 Å². The number of alkyl halides is 3. The molecule has 1 amide bonds. The zero-order valence-electron chi connectivity index (χ0n) is 19.6. The lowest BCUT2D eigenvalue weighted by atomic mass is 10.1. The van der Waals surface area contributed by atoms with Gasteiger partial charge in [0.05, 0.1) is 28.9 Å². The Balaban J connectivity index is 1.39. The molecule has 0 spiro atoms. The van der Waals surface area contributed by atoms with Crippen molar-refractivity contribution >= 4 is 40.7 Å². The molecule has 37 heavy (non-hydrogen) atoms. The first kappa shape index (κ1) is 27.7. The van der Waals surface area contributed by atoms with Gasteiger partial charge in [0.25, 0.3) is 5.91 Å². The maximum absolute atomic E-state index is 12.9. The first-order valence-corrected chi connectivity index (χ1v) is 12.7. The maximum atomic E-state index is 12.9. The zero-order valence-corrected chi connectivity index (χ0v) is 21.9. The summed E-state index contributed by atoms with van der Waals surface area (Å²) < 4.78 is 44.8. The minimum Gasteiger partial charge on any atom is -0.368 e. The number of nitrogens with zero attached hydrogens (tertiary/aromatic N) is 2. The van der Waals surface area contributed by atoms with E-state index in [0.29, 0.717) is 58.9 Å². The number of carbonyl (C=O) groups excluding carboxylic acids is 1. The molecule has 1 aliphatic rings. The van der Waals surface area contributed by atoms with Gasteiger partial charge in [0.1, 0.15) is 0 Å². The fraction of sp³-hybridized carbons (Fsp3) is 0.296. The number of halogens is 6. The lowest BCUT2D eigenvalue weighted by Crippen LogP contribution is -2.49. The molecule has 0 N–H and O–H groups in total. The van der Waals surface area contributed by atoms with E-state index in [9.17, 15) is 18.0 Å². The smallest absolute Gasteiger partial charge is 0.368 e. The second-order valence-electron chi connectivity index (χ2n) is 8.76. The summed E-state index contributed by atoms with van der Waals surface area (Å²) >= 11 is 18.2. The summed E-state index contributed by atoms with van der Waals surface area (Å²) in [5.74, 6) is -0.144. The number of ether oxygens (including phenoxy) is 1. The molecule has 1 heterocycles. The summed E-state index contributed by atoms with van der Waals surface area (Å²) in [7, 11) is 0. The summed E-state index contributed by atoms with van der Waals surface area (Å²) in [5, 5.41) is 1.38. The minimum absolute atomic E-state index is 0.144. The summed E-state index contributed by atoms with van der Waals surface area (Å²) in [6.45, 7) is 2.99. The standard InChI is InChI=1S/C27H24Cl3F3N2O2/c28-21-7-3-19(4-8-21)25(37-17-18-1-5-20(6-2-18)27(31,32)33)16-34-11-13-35(14-12-34)26(36)23-10-9-22(29)15-24(23)30/h1-10,15,25H,11-14,16-17H2/t25-/m0/s1. The minimum atomic E-state index is -4.38. The Morgan fingerprint density at radius 2 is 1.49 bits per heavy atom. The zero-order chi connectivity index (χ0) is 26.6. The fourth-order valence-corrected chi connectivity index (χ4v) is 4.74. The second-order valence-corrected chi connectivity index (χ2v) is 10.0. The Bertz CT molecular complexity index is 1210. The monoisotopic (exact) mass is 570 g/mol. The molecule has 4 rings (SSSR count). The third-order valence-electron chi connectivity index (χ3n) is 6.22. The van der Waals surface area contributed by atoms with Crippen molar-refractivity contribution in [3.63, 3.8) is 0 Å². The van der Waals surface area contributed by atoms with Crippen LogP contribution in [-0.4, -0.2) is 48.4 Å². The summed E-state index contributed by atoms with van der Waals surface area (Å²) in [5.41, 5.74) is 1.27. The van der Waals surface area contributed by atoms with Crippen LogP contribution in [0.15, 0.2) is 66.7 Å². The molecule has 0 aliphatic carbocycles. The predicted molar refractivity (Wildman–Crippen MR) is 139 cm³/mol. The average molecular weight is 572 g/mol. The van der Waals surface area contributed by atoms with Crippen LogP contribution in [0.4, 0.5) is 13.2 Å². The summed E-state index contributed by atoms with van der Waals surface area (Å²) in [6, 6.07) is 17.1. The molecular weight excluding hydrogens is 548 g/mol. The quantitative estimate of drug-likeness (QED) is 0.297. The first-order valence-electron chi connectivity index (χ1n) is 11.6. The van der Waals surface area contributed by atoms with Crippen LogP contribution in [0.25, 0.3) is 0 Å². The van der Waals surface area contributed by atoms with Crippen LogP contribution < -0.4 is 0 Å². The highest BCUT2D eigenvalue weighted by atomic mass is 35.5. The third-order valence-corrected chi connectivity index (χ3v) is 7.02. The van der Waals surface area contributed by atoms with Gasteiger partial charge in [-0.1, -0.05) is 59.1 Å². The Morgan fingerprint density at radius 3 is 2.08 bits per heavy atom. The van der Waals surface area contributed by atoms with Crippen LogP contribution in [-0.2, 0) is 17.5 Å². The van der Waals surface area contributed by atoms with Gasteiger partial charge in [-0.05, 0) is 53.6 Å². The molecule has 10 heteroatoms. The Kier molecular flexibility index (Phi) is 9.03. The summed E-state index contributed by atoms with van der Waals surface area (Å²) in [4.78, 5) is 16.9. The Morgan fingerprint density at radius 1 is 0.865 bits per heavy atom. The van der Waals surface area contributed by atoms with Crippen molar-refractivity contribution in [3.8, 4) is 0 Å². The van der Waals surface area contributed by atoms with Crippen LogP contribution >= 0.6 is 34.8 Å². The van der Waals surface area contributed by atoms with Gasteiger partial charge >= 0.3 is 6.18 Å². The van der Waals surface area contributed by atoms with Crippen molar-refractivity contribution in [2.75, 3.05) is 32.7 Å². The van der Waals surface area contributed by atoms with Crippen molar-refractivity contribution in [2.45, 2.75) is 18.9 Å². The number of benzene rings is 3. The van der Waals surface area contributed by atoms with Crippen molar-refractivity contribution in [2.24, 2.45) is 0 Å². The molecule has 1 atom stereocenters. The summed E-state index contributed by atoms with van der Waals surface area (Å²) in [6.07, 6.45) is -4.72. The van der Waals surface area contributed by atoms with E-state index in [1.165, 1.54) is 12.1 Å². The molecule has 1 aliphatic heterocycles. The number of carbonyl (C=O) groups is 1. The van der Waals surface area contributed by atoms with E-state index in [0.717, 1.165) is 17.7 Å². The predicted octanol–water partition coefficient (Wildman–Crippen LogP) is 7.38. The molecule has 3 aromatic rings. The fourth-order valence-electron chi connectivity index (χ4n) is 4.12. The van der Waals surface area contributed by atoms with Crippen LogP contribution in [0.1, 0.15) is 33.2 Å². The number of hydrogen-bond donors (Lipinski definition) is 0. The molecular formula is C27H24Cl3F3N2O2. The van der Waals surface area contributed by atoms with E-state index in [2.05, 4.69) is 4.90 Å². The first-order chi connectivity index (χ1) is 17.6. The highest BCUT2D eigenvalue weighted by Gasteiger charge is 2.30. The molecule has 0 aromatic heterocycles. The molecule has 0 radical (unpaired) electrons. The van der Waals surface area contributed by atoms with Gasteiger partial charge < -0.3 is 9.64 Å². The van der Waals surface area contributed by atoms with E-state index in [4.69, 9.17) is 39.5 Å². The van der Waals surface area contributed by atoms with Crippen LogP contribution in [0.3, 0.4) is 0 Å². The van der Waals surface area contributed by atoms with Gasteiger partial charge in [-0.3, -0.25) is 9.69 Å². The van der Waals surface area contributed by atoms with E-state index < -0.39 is 11.7 Å². The highest BCUT2D eigenvalue weighted by molar-refractivity contribution is 6.36. The van der Waals surface area contributed by atoms with Crippen molar-refractivity contribution in [3.05, 3.63) is 104 Å². The van der Waals surface area contributed by atoms with Crippen LogP contribution in [0.2, 0.25) is 15.1 Å². The molecule has 0 saturated carbocycles. The third kappa shape index (κ3) is 7.39. The van der Waals surface area contributed by atoms with E-state index in [1.807, 2.05) is 12.1 Å². The normalized spacial score (nSPS) is 15.6. The lowest BCUT2D eigenvalue weighted by Gasteiger charge is -2.36. The molecule has 196 valence electrons.